The van der Waals surface area contributed by atoms with Gasteiger partial charge in [-0.1, -0.05) is 0 Å². The third kappa shape index (κ3) is 1.31. The maximum Gasteiger partial charge on any atom is 0.195 e. The summed E-state index contributed by atoms with van der Waals surface area (Å²) in [5, 5.41) is 8.05. The Hall–Kier alpha value is -1.78. The third-order valence-electron chi connectivity index (χ3n) is 2.07. The highest BCUT2D eigenvalue weighted by atomic mass is 19.2. The molecule has 0 aromatic heterocycles. The molecule has 0 aliphatic heterocycles. The molecule has 2 aromatic carbocycles. The molecule has 2 aromatic rings. The largest absolute Gasteiger partial charge is 0.505 e. The van der Waals surface area contributed by atoms with Crippen molar-refractivity contribution in [2.45, 2.75) is 0 Å². The molecule has 5 heteroatoms. The molecule has 0 saturated carbocycles. The lowest BCUT2D eigenvalue weighted by molar-refractivity contribution is 0.433. The highest BCUT2D eigenvalue weighted by molar-refractivity contribution is 5.85. The summed E-state index contributed by atoms with van der Waals surface area (Å²) in [7, 11) is 0. The van der Waals surface area contributed by atoms with Crippen molar-refractivity contribution in [1.29, 1.82) is 0 Å². The molecule has 0 atom stereocenters. The summed E-state index contributed by atoms with van der Waals surface area (Å²) in [5.74, 6) is -6.54. The zero-order chi connectivity index (χ0) is 11.2. The molecule has 0 unspecified atom stereocenters. The van der Waals surface area contributed by atoms with Crippen LogP contribution in [-0.2, 0) is 0 Å². The standard InChI is InChI=1S/C10H4F4O/c11-6-3-5-4(9(13)10(6)14)1-2-7(15)8(5)12/h1-3,15H. The maximum atomic E-state index is 13.2. The molecule has 0 heterocycles. The fourth-order valence-electron chi connectivity index (χ4n) is 1.33. The summed E-state index contributed by atoms with van der Waals surface area (Å²) >= 11 is 0. The van der Waals surface area contributed by atoms with Crippen LogP contribution in [0.3, 0.4) is 0 Å². The second-order valence-electron chi connectivity index (χ2n) is 2.98. The minimum absolute atomic E-state index is 0.413. The SMILES string of the molecule is Oc1ccc2c(F)c(F)c(F)cc2c1F. The number of fused-ring (bicyclic) bond motifs is 1. The normalized spacial score (nSPS) is 10.9. The highest BCUT2D eigenvalue weighted by Gasteiger charge is 2.17. The zero-order valence-electron chi connectivity index (χ0n) is 7.19. The Morgan fingerprint density at radius 2 is 1.47 bits per heavy atom. The number of phenols is 1. The molecule has 2 rings (SSSR count). The quantitative estimate of drug-likeness (QED) is 0.530. The Labute approximate surface area is 81.6 Å². The number of aromatic hydroxyl groups is 1. The minimum Gasteiger partial charge on any atom is -0.505 e. The van der Waals surface area contributed by atoms with E-state index in [0.29, 0.717) is 6.07 Å². The van der Waals surface area contributed by atoms with Gasteiger partial charge in [-0.2, -0.15) is 0 Å². The average Bonchev–Trinajstić information content (AvgIpc) is 2.21. The summed E-state index contributed by atoms with van der Waals surface area (Å²) in [6.45, 7) is 0. The smallest absolute Gasteiger partial charge is 0.195 e. The molecule has 0 amide bonds. The van der Waals surface area contributed by atoms with E-state index < -0.39 is 39.8 Å². The van der Waals surface area contributed by atoms with Crippen LogP contribution < -0.4 is 0 Å². The lowest BCUT2D eigenvalue weighted by Crippen LogP contribution is -1.94. The number of hydrogen-bond donors (Lipinski definition) is 1. The van der Waals surface area contributed by atoms with Crippen molar-refractivity contribution in [3.63, 3.8) is 0 Å². The van der Waals surface area contributed by atoms with Crippen LogP contribution in [0, 0.1) is 23.3 Å². The van der Waals surface area contributed by atoms with Gasteiger partial charge in [-0.15, -0.1) is 0 Å². The van der Waals surface area contributed by atoms with Gasteiger partial charge in [0.1, 0.15) is 0 Å². The van der Waals surface area contributed by atoms with Gasteiger partial charge in [0, 0.05) is 10.8 Å². The minimum atomic E-state index is -1.66. The van der Waals surface area contributed by atoms with E-state index in [2.05, 4.69) is 0 Å². The summed E-state index contributed by atoms with van der Waals surface area (Å²) in [5.41, 5.74) is 0. The Morgan fingerprint density at radius 1 is 0.800 bits per heavy atom. The lowest BCUT2D eigenvalue weighted by Gasteiger charge is -2.04. The molecular formula is C10H4F4O. The predicted octanol–water partition coefficient (Wildman–Crippen LogP) is 3.10. The molecule has 0 aliphatic rings. The van der Waals surface area contributed by atoms with Crippen LogP contribution >= 0.6 is 0 Å². The van der Waals surface area contributed by atoms with Crippen LogP contribution in [0.2, 0.25) is 0 Å². The Bertz CT molecular complexity index is 551. The number of phenolic OH excluding ortho intramolecular Hbond substituents is 1. The number of halogens is 4. The topological polar surface area (TPSA) is 20.2 Å². The first kappa shape index (κ1) is 9.76. The van der Waals surface area contributed by atoms with Crippen molar-refractivity contribution in [2.24, 2.45) is 0 Å². The average molecular weight is 216 g/mol. The van der Waals surface area contributed by atoms with E-state index >= 15 is 0 Å². The lowest BCUT2D eigenvalue weighted by atomic mass is 10.1. The van der Waals surface area contributed by atoms with Crippen LogP contribution in [0.1, 0.15) is 0 Å². The van der Waals surface area contributed by atoms with Crippen molar-refractivity contribution in [2.75, 3.05) is 0 Å². The molecule has 15 heavy (non-hydrogen) atoms. The monoisotopic (exact) mass is 216 g/mol. The maximum absolute atomic E-state index is 13.2. The van der Waals surface area contributed by atoms with Gasteiger partial charge in [0.15, 0.2) is 29.0 Å². The van der Waals surface area contributed by atoms with Crippen LogP contribution in [-0.4, -0.2) is 5.11 Å². The molecule has 0 spiro atoms. The van der Waals surface area contributed by atoms with E-state index in [1.54, 1.807) is 0 Å². The molecule has 0 radical (unpaired) electrons. The number of benzene rings is 2. The highest BCUT2D eigenvalue weighted by Crippen LogP contribution is 2.29. The van der Waals surface area contributed by atoms with Crippen LogP contribution in [0.15, 0.2) is 18.2 Å². The van der Waals surface area contributed by atoms with E-state index in [1.807, 2.05) is 0 Å². The van der Waals surface area contributed by atoms with Gasteiger partial charge >= 0.3 is 0 Å². The molecule has 1 nitrogen and oxygen atoms in total. The van der Waals surface area contributed by atoms with Crippen molar-refractivity contribution in [3.8, 4) is 5.75 Å². The van der Waals surface area contributed by atoms with Gasteiger partial charge in [-0.25, -0.2) is 17.6 Å². The predicted molar refractivity (Wildman–Crippen MR) is 45.4 cm³/mol. The third-order valence-corrected chi connectivity index (χ3v) is 2.07. The zero-order valence-corrected chi connectivity index (χ0v) is 7.19. The fraction of sp³-hybridized carbons (Fsp3) is 0. The van der Waals surface area contributed by atoms with Gasteiger partial charge < -0.3 is 5.11 Å². The van der Waals surface area contributed by atoms with E-state index in [1.165, 1.54) is 0 Å². The van der Waals surface area contributed by atoms with Crippen molar-refractivity contribution < 1.29 is 22.7 Å². The van der Waals surface area contributed by atoms with Crippen LogP contribution in [0.4, 0.5) is 17.6 Å². The molecule has 78 valence electrons. The summed E-state index contributed by atoms with van der Waals surface area (Å²) in [4.78, 5) is 0. The second kappa shape index (κ2) is 3.12. The van der Waals surface area contributed by atoms with E-state index in [4.69, 9.17) is 5.11 Å². The number of hydrogen-bond acceptors (Lipinski definition) is 1. The van der Waals surface area contributed by atoms with Gasteiger partial charge in [-0.3, -0.25) is 0 Å². The molecule has 0 bridgehead atoms. The van der Waals surface area contributed by atoms with Gasteiger partial charge in [0.25, 0.3) is 0 Å². The first-order valence-electron chi connectivity index (χ1n) is 3.97. The number of rotatable bonds is 0. The Balaban J connectivity index is 2.98. The van der Waals surface area contributed by atoms with Crippen molar-refractivity contribution in [3.05, 3.63) is 41.5 Å². The summed E-state index contributed by atoms with van der Waals surface area (Å²) < 4.78 is 51.8. The molecule has 1 N–H and O–H groups in total. The molecule has 0 fully saturated rings. The fourth-order valence-corrected chi connectivity index (χ4v) is 1.33. The van der Waals surface area contributed by atoms with E-state index in [-0.39, 0.29) is 0 Å². The Morgan fingerprint density at radius 3 is 2.13 bits per heavy atom. The molecule has 0 saturated heterocycles. The first-order chi connectivity index (χ1) is 7.02. The molecular weight excluding hydrogens is 212 g/mol. The van der Waals surface area contributed by atoms with Crippen molar-refractivity contribution in [1.82, 2.24) is 0 Å². The van der Waals surface area contributed by atoms with Crippen LogP contribution in [0.25, 0.3) is 10.8 Å². The summed E-state index contributed by atoms with van der Waals surface area (Å²) in [6, 6.07) is 2.35. The second-order valence-corrected chi connectivity index (χ2v) is 2.98. The summed E-state index contributed by atoms with van der Waals surface area (Å²) in [6.07, 6.45) is 0. The van der Waals surface area contributed by atoms with E-state index in [9.17, 15) is 17.6 Å². The molecule has 0 aliphatic carbocycles. The van der Waals surface area contributed by atoms with Crippen molar-refractivity contribution >= 4 is 10.8 Å². The van der Waals surface area contributed by atoms with Gasteiger partial charge in [0.2, 0.25) is 0 Å². The van der Waals surface area contributed by atoms with E-state index in [0.717, 1.165) is 12.1 Å². The van der Waals surface area contributed by atoms with Crippen LogP contribution in [0.5, 0.6) is 5.75 Å². The van der Waals surface area contributed by atoms with Gasteiger partial charge in [0.05, 0.1) is 0 Å². The van der Waals surface area contributed by atoms with Gasteiger partial charge in [-0.05, 0) is 18.2 Å². The Kier molecular flexibility index (Phi) is 2.03. The first-order valence-corrected chi connectivity index (χ1v) is 3.97.